The highest BCUT2D eigenvalue weighted by molar-refractivity contribution is 5.95. The number of imide groups is 1. The Morgan fingerprint density at radius 1 is 1.20 bits per heavy atom. The van der Waals surface area contributed by atoms with E-state index in [2.05, 4.69) is 29.1 Å². The maximum Gasteiger partial charge on any atom is 0.321 e. The van der Waals surface area contributed by atoms with Crippen molar-refractivity contribution in [2.24, 2.45) is 0 Å². The van der Waals surface area contributed by atoms with E-state index in [1.807, 2.05) is 19.0 Å². The Balaban J connectivity index is 4.18. The molecule has 6 nitrogen and oxygen atoms in total. The highest BCUT2D eigenvalue weighted by atomic mass is 16.2. The minimum Gasteiger partial charge on any atom is -0.374 e. The molecule has 0 aliphatic heterocycles. The smallest absolute Gasteiger partial charge is 0.321 e. The van der Waals surface area contributed by atoms with Crippen LogP contribution in [0.1, 0.15) is 6.42 Å². The largest absolute Gasteiger partial charge is 0.374 e. The van der Waals surface area contributed by atoms with E-state index in [9.17, 15) is 9.59 Å². The van der Waals surface area contributed by atoms with Crippen molar-refractivity contribution in [3.8, 4) is 0 Å². The molecule has 0 aromatic carbocycles. The maximum absolute atomic E-state index is 11.4. The molecule has 0 spiro atoms. The summed E-state index contributed by atoms with van der Waals surface area (Å²) >= 11 is 0. The first-order valence-electron chi connectivity index (χ1n) is 6.32. The SMILES string of the molecule is C=C(/C=C\C(=C)N(C)CCNC)CC(=O)NC(=O)NC. The number of allylic oxidation sites excluding steroid dienone is 2. The lowest BCUT2D eigenvalue weighted by Gasteiger charge is -2.18. The van der Waals surface area contributed by atoms with Gasteiger partial charge in [0.15, 0.2) is 0 Å². The number of carbonyl (C=O) groups is 2. The molecule has 0 aliphatic carbocycles. The summed E-state index contributed by atoms with van der Waals surface area (Å²) < 4.78 is 0. The van der Waals surface area contributed by atoms with E-state index < -0.39 is 11.9 Å². The minimum atomic E-state index is -0.525. The van der Waals surface area contributed by atoms with Crippen molar-refractivity contribution in [3.05, 3.63) is 36.6 Å². The molecule has 0 aromatic heterocycles. The highest BCUT2D eigenvalue weighted by Crippen LogP contribution is 2.05. The zero-order valence-corrected chi connectivity index (χ0v) is 12.5. The number of likely N-dealkylation sites (N-methyl/N-ethyl adjacent to an activating group) is 2. The van der Waals surface area contributed by atoms with Crippen LogP contribution in [0, 0.1) is 0 Å². The third kappa shape index (κ3) is 8.10. The van der Waals surface area contributed by atoms with Crippen LogP contribution in [0.15, 0.2) is 36.6 Å². The van der Waals surface area contributed by atoms with Crippen LogP contribution in [0.25, 0.3) is 0 Å². The van der Waals surface area contributed by atoms with E-state index in [1.165, 1.54) is 7.05 Å². The van der Waals surface area contributed by atoms with Gasteiger partial charge in [0.1, 0.15) is 0 Å². The van der Waals surface area contributed by atoms with E-state index in [0.717, 1.165) is 18.8 Å². The number of nitrogens with zero attached hydrogens (tertiary/aromatic N) is 1. The molecular weight excluding hydrogens is 256 g/mol. The van der Waals surface area contributed by atoms with Crippen molar-refractivity contribution >= 4 is 11.9 Å². The van der Waals surface area contributed by atoms with E-state index in [4.69, 9.17) is 0 Å². The summed E-state index contributed by atoms with van der Waals surface area (Å²) in [6.07, 6.45) is 3.59. The van der Waals surface area contributed by atoms with Gasteiger partial charge in [-0.05, 0) is 18.7 Å². The van der Waals surface area contributed by atoms with Gasteiger partial charge in [0.05, 0.1) is 6.42 Å². The average Bonchev–Trinajstić information content (AvgIpc) is 2.41. The summed E-state index contributed by atoms with van der Waals surface area (Å²) in [5, 5.41) is 7.54. The number of carbonyl (C=O) groups excluding carboxylic acids is 2. The van der Waals surface area contributed by atoms with Gasteiger partial charge >= 0.3 is 6.03 Å². The molecule has 0 fully saturated rings. The normalized spacial score (nSPS) is 10.2. The Morgan fingerprint density at radius 2 is 1.85 bits per heavy atom. The number of nitrogens with one attached hydrogen (secondary N) is 3. The molecule has 0 aromatic rings. The standard InChI is InChI=1S/C14H24N4O2/c1-11(10-13(19)17-14(20)16-4)6-7-12(2)18(5)9-8-15-3/h6-7,15H,1-2,8-10H2,3-5H3,(H2,16,17,19,20)/b7-6-. The molecule has 0 bridgehead atoms. The maximum atomic E-state index is 11.4. The second-order valence-corrected chi connectivity index (χ2v) is 4.31. The summed E-state index contributed by atoms with van der Waals surface area (Å²) in [5.41, 5.74) is 1.43. The minimum absolute atomic E-state index is 0.0669. The van der Waals surface area contributed by atoms with Crippen LogP contribution in [-0.4, -0.2) is 51.1 Å². The molecule has 0 unspecified atom stereocenters. The first-order chi connectivity index (χ1) is 9.40. The molecule has 0 radical (unpaired) electrons. The van der Waals surface area contributed by atoms with Crippen molar-refractivity contribution in [2.45, 2.75) is 6.42 Å². The fourth-order valence-electron chi connectivity index (χ4n) is 1.26. The van der Waals surface area contributed by atoms with Crippen molar-refractivity contribution in [1.29, 1.82) is 0 Å². The molecule has 0 heterocycles. The van der Waals surface area contributed by atoms with Gasteiger partial charge in [0, 0.05) is 32.9 Å². The van der Waals surface area contributed by atoms with E-state index in [-0.39, 0.29) is 6.42 Å². The molecule has 0 saturated heterocycles. The summed E-state index contributed by atoms with van der Waals surface area (Å²) in [7, 11) is 5.27. The van der Waals surface area contributed by atoms with Gasteiger partial charge in [-0.15, -0.1) is 0 Å². The molecule has 0 atom stereocenters. The lowest BCUT2D eigenvalue weighted by Crippen LogP contribution is -2.37. The Morgan fingerprint density at radius 3 is 2.40 bits per heavy atom. The fourth-order valence-corrected chi connectivity index (χ4v) is 1.26. The van der Waals surface area contributed by atoms with Crippen LogP contribution < -0.4 is 16.0 Å². The summed E-state index contributed by atoms with van der Waals surface area (Å²) in [6, 6.07) is -0.525. The van der Waals surface area contributed by atoms with Crippen LogP contribution in [-0.2, 0) is 4.79 Å². The van der Waals surface area contributed by atoms with Crippen LogP contribution in [0.4, 0.5) is 4.79 Å². The van der Waals surface area contributed by atoms with Gasteiger partial charge in [-0.2, -0.15) is 0 Å². The number of amides is 3. The van der Waals surface area contributed by atoms with E-state index in [1.54, 1.807) is 12.2 Å². The third-order valence-corrected chi connectivity index (χ3v) is 2.57. The van der Waals surface area contributed by atoms with Gasteiger partial charge < -0.3 is 15.5 Å². The molecule has 112 valence electrons. The zero-order chi connectivity index (χ0) is 15.5. The van der Waals surface area contributed by atoms with Crippen molar-refractivity contribution in [1.82, 2.24) is 20.9 Å². The molecule has 20 heavy (non-hydrogen) atoms. The second-order valence-electron chi connectivity index (χ2n) is 4.31. The molecule has 3 amide bonds. The molecule has 3 N–H and O–H groups in total. The molecule has 0 aliphatic rings. The molecule has 6 heteroatoms. The first-order valence-corrected chi connectivity index (χ1v) is 6.32. The molecule has 0 saturated carbocycles. The number of hydrogen-bond donors (Lipinski definition) is 3. The third-order valence-electron chi connectivity index (χ3n) is 2.57. The van der Waals surface area contributed by atoms with Crippen LogP contribution in [0.2, 0.25) is 0 Å². The Bertz CT molecular complexity index is 402. The highest BCUT2D eigenvalue weighted by Gasteiger charge is 2.06. The number of hydrogen-bond acceptors (Lipinski definition) is 4. The predicted octanol–water partition coefficient (Wildman–Crippen LogP) is 0.609. The zero-order valence-electron chi connectivity index (χ0n) is 12.5. The number of urea groups is 1. The average molecular weight is 280 g/mol. The summed E-state index contributed by atoms with van der Waals surface area (Å²) in [6.45, 7) is 9.39. The van der Waals surface area contributed by atoms with Crippen molar-refractivity contribution in [2.75, 3.05) is 34.2 Å². The van der Waals surface area contributed by atoms with Crippen molar-refractivity contribution in [3.63, 3.8) is 0 Å². The topological polar surface area (TPSA) is 73.5 Å². The summed E-state index contributed by atoms with van der Waals surface area (Å²) in [4.78, 5) is 24.4. The predicted molar refractivity (Wildman–Crippen MR) is 81.2 cm³/mol. The van der Waals surface area contributed by atoms with Gasteiger partial charge in [-0.1, -0.05) is 19.2 Å². The van der Waals surface area contributed by atoms with Gasteiger partial charge in [0.2, 0.25) is 5.91 Å². The Kier molecular flexibility index (Phi) is 8.78. The second kappa shape index (κ2) is 9.80. The lowest BCUT2D eigenvalue weighted by molar-refractivity contribution is -0.119. The molecule has 0 rings (SSSR count). The fraction of sp³-hybridized carbons (Fsp3) is 0.429. The van der Waals surface area contributed by atoms with E-state index >= 15 is 0 Å². The number of rotatable bonds is 8. The van der Waals surface area contributed by atoms with Gasteiger partial charge in [-0.3, -0.25) is 10.1 Å². The summed E-state index contributed by atoms with van der Waals surface area (Å²) in [5.74, 6) is -0.395. The van der Waals surface area contributed by atoms with Crippen LogP contribution in [0.3, 0.4) is 0 Å². The van der Waals surface area contributed by atoms with Gasteiger partial charge in [-0.25, -0.2) is 4.79 Å². The van der Waals surface area contributed by atoms with Crippen LogP contribution in [0.5, 0.6) is 0 Å². The van der Waals surface area contributed by atoms with Crippen LogP contribution >= 0.6 is 0 Å². The monoisotopic (exact) mass is 280 g/mol. The van der Waals surface area contributed by atoms with Gasteiger partial charge in [0.25, 0.3) is 0 Å². The Labute approximate surface area is 120 Å². The lowest BCUT2D eigenvalue weighted by atomic mass is 10.2. The first kappa shape index (κ1) is 17.9. The van der Waals surface area contributed by atoms with E-state index in [0.29, 0.717) is 5.57 Å². The van der Waals surface area contributed by atoms with Crippen molar-refractivity contribution < 1.29 is 9.59 Å². The molecular formula is C14H24N4O2. The Hall–Kier alpha value is -2.08. The quantitative estimate of drug-likeness (QED) is 0.570.